The molecule has 15 heavy (non-hydrogen) atoms. The smallest absolute Gasteiger partial charge is 0.202 e. The van der Waals surface area contributed by atoms with Crippen molar-refractivity contribution in [1.29, 1.82) is 0 Å². The van der Waals surface area contributed by atoms with Crippen LogP contribution in [0.2, 0.25) is 0 Å². The lowest BCUT2D eigenvalue weighted by atomic mass is 9.95. The zero-order valence-electron chi connectivity index (χ0n) is 8.68. The molecule has 3 heteroatoms. The second-order valence-corrected chi connectivity index (χ2v) is 3.52. The van der Waals surface area contributed by atoms with Crippen LogP contribution in [0, 0.1) is 6.92 Å². The number of aryl methyl sites for hydroxylation is 1. The van der Waals surface area contributed by atoms with Crippen LogP contribution in [0.5, 0.6) is 0 Å². The number of nitrogens with zero attached hydrogens (tertiary/aromatic N) is 1. The highest BCUT2D eigenvalue weighted by molar-refractivity contribution is 5.32. The van der Waals surface area contributed by atoms with Crippen molar-refractivity contribution in [1.82, 2.24) is 4.98 Å². The van der Waals surface area contributed by atoms with Gasteiger partial charge < -0.3 is 10.2 Å². The second-order valence-electron chi connectivity index (χ2n) is 3.52. The van der Waals surface area contributed by atoms with Crippen LogP contribution in [-0.2, 0) is 0 Å². The molecule has 1 unspecified atom stereocenters. The average molecular weight is 202 g/mol. The van der Waals surface area contributed by atoms with Crippen molar-refractivity contribution < 1.29 is 4.42 Å². The molecule has 0 aliphatic heterocycles. The molecule has 2 aromatic rings. The van der Waals surface area contributed by atoms with Crippen molar-refractivity contribution in [2.45, 2.75) is 12.8 Å². The number of oxazole rings is 1. The van der Waals surface area contributed by atoms with E-state index in [-0.39, 0.29) is 5.92 Å². The first kappa shape index (κ1) is 9.93. The fourth-order valence-electron chi connectivity index (χ4n) is 1.75. The van der Waals surface area contributed by atoms with Crippen molar-refractivity contribution in [2.24, 2.45) is 5.73 Å². The molecule has 1 aromatic heterocycles. The summed E-state index contributed by atoms with van der Waals surface area (Å²) in [5, 5.41) is 0. The maximum atomic E-state index is 5.76. The van der Waals surface area contributed by atoms with Gasteiger partial charge in [0.15, 0.2) is 0 Å². The van der Waals surface area contributed by atoms with Crippen LogP contribution >= 0.6 is 0 Å². The van der Waals surface area contributed by atoms with Gasteiger partial charge in [0.25, 0.3) is 0 Å². The molecule has 0 bridgehead atoms. The zero-order chi connectivity index (χ0) is 10.7. The molecule has 0 saturated carbocycles. The zero-order valence-corrected chi connectivity index (χ0v) is 8.68. The molecule has 1 aromatic carbocycles. The molecule has 0 amide bonds. The first-order chi connectivity index (χ1) is 7.33. The van der Waals surface area contributed by atoms with E-state index < -0.39 is 0 Å². The molecule has 0 aliphatic carbocycles. The van der Waals surface area contributed by atoms with E-state index in [0.717, 1.165) is 0 Å². The highest BCUT2D eigenvalue weighted by Crippen LogP contribution is 2.24. The summed E-state index contributed by atoms with van der Waals surface area (Å²) >= 11 is 0. The molecule has 0 aliphatic rings. The Morgan fingerprint density at radius 1 is 1.40 bits per heavy atom. The Morgan fingerprint density at radius 2 is 2.20 bits per heavy atom. The van der Waals surface area contributed by atoms with Crippen molar-refractivity contribution in [3.63, 3.8) is 0 Å². The minimum atomic E-state index is 0.0567. The fourth-order valence-corrected chi connectivity index (χ4v) is 1.75. The average Bonchev–Trinajstić information content (AvgIpc) is 2.75. The number of rotatable bonds is 3. The van der Waals surface area contributed by atoms with Gasteiger partial charge in [-0.05, 0) is 18.1 Å². The fraction of sp³-hybridized carbons (Fsp3) is 0.250. The van der Waals surface area contributed by atoms with Gasteiger partial charge in [-0.15, -0.1) is 0 Å². The molecule has 0 spiro atoms. The van der Waals surface area contributed by atoms with Crippen LogP contribution in [0.3, 0.4) is 0 Å². The van der Waals surface area contributed by atoms with Gasteiger partial charge in [-0.25, -0.2) is 4.98 Å². The molecule has 0 radical (unpaired) electrons. The van der Waals surface area contributed by atoms with Gasteiger partial charge in [0.1, 0.15) is 6.26 Å². The molecule has 1 heterocycles. The van der Waals surface area contributed by atoms with Crippen LogP contribution in [0.25, 0.3) is 0 Å². The van der Waals surface area contributed by atoms with E-state index in [1.807, 2.05) is 12.1 Å². The van der Waals surface area contributed by atoms with E-state index in [9.17, 15) is 0 Å². The molecule has 2 N–H and O–H groups in total. The third kappa shape index (κ3) is 1.92. The Morgan fingerprint density at radius 3 is 2.80 bits per heavy atom. The highest BCUT2D eigenvalue weighted by Gasteiger charge is 2.17. The van der Waals surface area contributed by atoms with E-state index >= 15 is 0 Å². The summed E-state index contributed by atoms with van der Waals surface area (Å²) in [4.78, 5) is 4.16. The van der Waals surface area contributed by atoms with Crippen LogP contribution in [0.15, 0.2) is 41.1 Å². The van der Waals surface area contributed by atoms with Crippen molar-refractivity contribution in [3.8, 4) is 0 Å². The largest absolute Gasteiger partial charge is 0.448 e. The molecular weight excluding hydrogens is 188 g/mol. The van der Waals surface area contributed by atoms with Gasteiger partial charge in [-0.3, -0.25) is 0 Å². The minimum Gasteiger partial charge on any atom is -0.448 e. The number of nitrogens with two attached hydrogens (primary N) is 1. The van der Waals surface area contributed by atoms with E-state index in [1.54, 1.807) is 12.5 Å². The monoisotopic (exact) mass is 202 g/mol. The maximum absolute atomic E-state index is 5.76. The number of hydrogen-bond donors (Lipinski definition) is 1. The molecule has 78 valence electrons. The quantitative estimate of drug-likeness (QED) is 0.829. The third-order valence-electron chi connectivity index (χ3n) is 2.55. The highest BCUT2D eigenvalue weighted by atomic mass is 16.3. The maximum Gasteiger partial charge on any atom is 0.202 e. The summed E-state index contributed by atoms with van der Waals surface area (Å²) in [6, 6.07) is 8.16. The Bertz CT molecular complexity index is 423. The number of benzene rings is 1. The first-order valence-corrected chi connectivity index (χ1v) is 4.98. The summed E-state index contributed by atoms with van der Waals surface area (Å²) in [6.07, 6.45) is 3.23. The second kappa shape index (κ2) is 4.28. The summed E-state index contributed by atoms with van der Waals surface area (Å²) < 4.78 is 5.30. The van der Waals surface area contributed by atoms with E-state index in [4.69, 9.17) is 10.2 Å². The van der Waals surface area contributed by atoms with Gasteiger partial charge in [-0.2, -0.15) is 0 Å². The summed E-state index contributed by atoms with van der Waals surface area (Å²) in [7, 11) is 0. The van der Waals surface area contributed by atoms with Crippen LogP contribution in [0.1, 0.15) is 22.9 Å². The molecular formula is C12H14N2O. The Hall–Kier alpha value is -1.61. The lowest BCUT2D eigenvalue weighted by Gasteiger charge is -2.13. The lowest BCUT2D eigenvalue weighted by molar-refractivity contribution is 0.471. The van der Waals surface area contributed by atoms with E-state index in [0.29, 0.717) is 12.4 Å². The summed E-state index contributed by atoms with van der Waals surface area (Å²) in [5.74, 6) is 0.744. The van der Waals surface area contributed by atoms with Gasteiger partial charge >= 0.3 is 0 Å². The standard InChI is InChI=1S/C12H14N2O/c1-9-4-2-3-5-10(9)11(8-13)12-14-6-7-15-12/h2-7,11H,8,13H2,1H3. The first-order valence-electron chi connectivity index (χ1n) is 4.98. The minimum absolute atomic E-state index is 0.0567. The molecule has 0 saturated heterocycles. The molecule has 3 nitrogen and oxygen atoms in total. The van der Waals surface area contributed by atoms with Gasteiger partial charge in [-0.1, -0.05) is 24.3 Å². The lowest BCUT2D eigenvalue weighted by Crippen LogP contribution is -2.15. The van der Waals surface area contributed by atoms with Gasteiger partial charge in [0, 0.05) is 6.54 Å². The predicted octanol–water partition coefficient (Wildman–Crippen LogP) is 2.07. The number of aromatic nitrogens is 1. The predicted molar refractivity (Wildman–Crippen MR) is 58.6 cm³/mol. The van der Waals surface area contributed by atoms with Crippen molar-refractivity contribution in [2.75, 3.05) is 6.54 Å². The Balaban J connectivity index is 2.40. The van der Waals surface area contributed by atoms with Crippen LogP contribution in [0.4, 0.5) is 0 Å². The summed E-state index contributed by atoms with van der Waals surface area (Å²) in [6.45, 7) is 2.58. The molecule has 0 fully saturated rings. The molecule has 2 rings (SSSR count). The van der Waals surface area contributed by atoms with Gasteiger partial charge in [0.05, 0.1) is 12.1 Å². The number of hydrogen-bond acceptors (Lipinski definition) is 3. The van der Waals surface area contributed by atoms with E-state index in [2.05, 4.69) is 24.0 Å². The van der Waals surface area contributed by atoms with Gasteiger partial charge in [0.2, 0.25) is 5.89 Å². The van der Waals surface area contributed by atoms with E-state index in [1.165, 1.54) is 11.1 Å². The van der Waals surface area contributed by atoms with Crippen molar-refractivity contribution >= 4 is 0 Å². The Kier molecular flexibility index (Phi) is 2.83. The van der Waals surface area contributed by atoms with Crippen molar-refractivity contribution in [3.05, 3.63) is 53.7 Å². The Labute approximate surface area is 88.9 Å². The SMILES string of the molecule is Cc1ccccc1C(CN)c1ncco1. The third-order valence-corrected chi connectivity index (χ3v) is 2.55. The van der Waals surface area contributed by atoms with Crippen LogP contribution in [-0.4, -0.2) is 11.5 Å². The summed E-state index contributed by atoms with van der Waals surface area (Å²) in [5.41, 5.74) is 8.16. The normalized spacial score (nSPS) is 12.7. The van der Waals surface area contributed by atoms with Crippen LogP contribution < -0.4 is 5.73 Å². The molecule has 1 atom stereocenters. The topological polar surface area (TPSA) is 52.0 Å².